The van der Waals surface area contributed by atoms with Gasteiger partial charge in [0, 0.05) is 0 Å². The molecule has 4 heteroatoms. The molecule has 0 N–H and O–H groups in total. The normalized spacial score (nSPS) is 18.7. The summed E-state index contributed by atoms with van der Waals surface area (Å²) in [5.41, 5.74) is -1.34. The number of hydrogen-bond acceptors (Lipinski definition) is 2. The Morgan fingerprint density at radius 1 is 1.64 bits per heavy atom. The number of alkyl halides is 1. The second-order valence-electron chi connectivity index (χ2n) is 3.29. The minimum Gasteiger partial charge on any atom is -0.488 e. The summed E-state index contributed by atoms with van der Waals surface area (Å²) in [6.07, 6.45) is 0. The van der Waals surface area contributed by atoms with Crippen LogP contribution in [0.15, 0.2) is 18.2 Å². The van der Waals surface area contributed by atoms with Crippen molar-refractivity contribution in [2.45, 2.75) is 5.67 Å². The quantitative estimate of drug-likeness (QED) is 0.770. The lowest BCUT2D eigenvalue weighted by atomic mass is 10.1. The molecule has 1 saturated heterocycles. The van der Waals surface area contributed by atoms with E-state index in [1.54, 1.807) is 18.2 Å². The van der Waals surface area contributed by atoms with E-state index in [9.17, 15) is 4.39 Å². The standard InChI is InChI=1S/C10H9ClFO2/c11-8-3-1-2-4-9(8)14-7-10(12)5-13-6-10/h2-4H,5-7H2. The SMILES string of the molecule is FC1(COc2cc[c]cc2Cl)COC1. The highest BCUT2D eigenvalue weighted by atomic mass is 35.5. The Bertz CT molecular complexity index is 326. The Morgan fingerprint density at radius 3 is 3.00 bits per heavy atom. The Labute approximate surface area is 86.6 Å². The molecule has 0 saturated carbocycles. The smallest absolute Gasteiger partial charge is 0.190 e. The summed E-state index contributed by atoms with van der Waals surface area (Å²) in [5.74, 6) is 0.481. The Morgan fingerprint density at radius 2 is 2.43 bits per heavy atom. The lowest BCUT2D eigenvalue weighted by Crippen LogP contribution is -2.50. The van der Waals surface area contributed by atoms with E-state index in [4.69, 9.17) is 21.1 Å². The van der Waals surface area contributed by atoms with E-state index in [-0.39, 0.29) is 19.8 Å². The van der Waals surface area contributed by atoms with Crippen LogP contribution in [0.4, 0.5) is 4.39 Å². The van der Waals surface area contributed by atoms with Crippen LogP contribution in [-0.2, 0) is 4.74 Å². The van der Waals surface area contributed by atoms with Gasteiger partial charge in [-0.05, 0) is 18.2 Å². The van der Waals surface area contributed by atoms with E-state index in [1.165, 1.54) is 0 Å². The van der Waals surface area contributed by atoms with Crippen molar-refractivity contribution < 1.29 is 13.9 Å². The van der Waals surface area contributed by atoms with Crippen molar-refractivity contribution >= 4 is 11.6 Å². The van der Waals surface area contributed by atoms with E-state index in [0.717, 1.165) is 0 Å². The number of rotatable bonds is 3. The summed E-state index contributed by atoms with van der Waals surface area (Å²) in [4.78, 5) is 0. The molecule has 1 aliphatic rings. The van der Waals surface area contributed by atoms with Crippen LogP contribution in [-0.4, -0.2) is 25.5 Å². The Kier molecular flexibility index (Phi) is 2.61. The molecule has 0 aromatic heterocycles. The maximum Gasteiger partial charge on any atom is 0.190 e. The molecule has 0 amide bonds. The van der Waals surface area contributed by atoms with Gasteiger partial charge in [-0.15, -0.1) is 0 Å². The van der Waals surface area contributed by atoms with Crippen molar-refractivity contribution in [3.63, 3.8) is 0 Å². The Balaban J connectivity index is 1.95. The average Bonchev–Trinajstić information content (AvgIpc) is 2.14. The topological polar surface area (TPSA) is 18.5 Å². The van der Waals surface area contributed by atoms with Gasteiger partial charge in [-0.2, -0.15) is 0 Å². The lowest BCUT2D eigenvalue weighted by molar-refractivity contribution is -0.146. The molecule has 0 aliphatic carbocycles. The largest absolute Gasteiger partial charge is 0.488 e. The van der Waals surface area contributed by atoms with Gasteiger partial charge in [0.05, 0.1) is 18.2 Å². The van der Waals surface area contributed by atoms with Gasteiger partial charge in [-0.3, -0.25) is 0 Å². The molecule has 0 unspecified atom stereocenters. The van der Waals surface area contributed by atoms with Crippen LogP contribution in [0.5, 0.6) is 5.75 Å². The third-order valence-electron chi connectivity index (χ3n) is 1.98. The lowest BCUT2D eigenvalue weighted by Gasteiger charge is -2.33. The summed E-state index contributed by atoms with van der Waals surface area (Å²) in [7, 11) is 0. The van der Waals surface area contributed by atoms with E-state index < -0.39 is 5.67 Å². The molecule has 2 nitrogen and oxygen atoms in total. The molecule has 1 aliphatic heterocycles. The summed E-state index contributed by atoms with van der Waals surface area (Å²) in [5, 5.41) is 0.441. The zero-order valence-corrected chi connectivity index (χ0v) is 8.18. The number of hydrogen-bond donors (Lipinski definition) is 0. The van der Waals surface area contributed by atoms with Gasteiger partial charge in [0.15, 0.2) is 5.67 Å². The maximum atomic E-state index is 13.4. The Hall–Kier alpha value is -0.800. The summed E-state index contributed by atoms with van der Waals surface area (Å²) in [6.45, 7) is 0.184. The fraction of sp³-hybridized carbons (Fsp3) is 0.400. The molecule has 0 spiro atoms. The van der Waals surface area contributed by atoms with E-state index in [2.05, 4.69) is 6.07 Å². The molecule has 14 heavy (non-hydrogen) atoms. The van der Waals surface area contributed by atoms with Crippen molar-refractivity contribution in [2.75, 3.05) is 19.8 Å². The van der Waals surface area contributed by atoms with Gasteiger partial charge in [-0.25, -0.2) is 4.39 Å². The summed E-state index contributed by atoms with van der Waals surface area (Å²) < 4.78 is 23.4. The summed E-state index contributed by atoms with van der Waals surface area (Å²) in [6, 6.07) is 7.71. The first-order chi connectivity index (χ1) is 6.70. The van der Waals surface area contributed by atoms with Crippen LogP contribution < -0.4 is 4.74 Å². The molecule has 1 radical (unpaired) electrons. The fourth-order valence-corrected chi connectivity index (χ4v) is 1.31. The van der Waals surface area contributed by atoms with Gasteiger partial charge >= 0.3 is 0 Å². The fourth-order valence-electron chi connectivity index (χ4n) is 1.13. The number of halogens is 2. The van der Waals surface area contributed by atoms with Crippen LogP contribution in [0.1, 0.15) is 0 Å². The zero-order chi connectivity index (χ0) is 10.0. The minimum atomic E-state index is -1.34. The highest BCUT2D eigenvalue weighted by molar-refractivity contribution is 6.32. The molecule has 1 heterocycles. The summed E-state index contributed by atoms with van der Waals surface area (Å²) >= 11 is 5.80. The van der Waals surface area contributed by atoms with Gasteiger partial charge < -0.3 is 9.47 Å². The highest BCUT2D eigenvalue weighted by Crippen LogP contribution is 2.27. The van der Waals surface area contributed by atoms with Crippen LogP contribution in [0.3, 0.4) is 0 Å². The molecule has 0 atom stereocenters. The molecule has 1 aromatic rings. The molecule has 2 rings (SSSR count). The molecule has 1 aromatic carbocycles. The third kappa shape index (κ3) is 1.99. The predicted octanol–water partition coefficient (Wildman–Crippen LogP) is 2.26. The molecular weight excluding hydrogens is 207 g/mol. The van der Waals surface area contributed by atoms with Crippen LogP contribution in [0.25, 0.3) is 0 Å². The van der Waals surface area contributed by atoms with E-state index in [0.29, 0.717) is 10.8 Å². The van der Waals surface area contributed by atoms with Crippen molar-refractivity contribution in [1.82, 2.24) is 0 Å². The van der Waals surface area contributed by atoms with Crippen LogP contribution in [0.2, 0.25) is 5.02 Å². The van der Waals surface area contributed by atoms with Crippen molar-refractivity contribution in [2.24, 2.45) is 0 Å². The predicted molar refractivity (Wildman–Crippen MR) is 50.4 cm³/mol. The minimum absolute atomic E-state index is 0.0171. The monoisotopic (exact) mass is 215 g/mol. The number of ether oxygens (including phenoxy) is 2. The zero-order valence-electron chi connectivity index (χ0n) is 7.43. The molecular formula is C10H9ClFO2. The number of benzene rings is 1. The van der Waals surface area contributed by atoms with Gasteiger partial charge in [0.1, 0.15) is 12.4 Å². The van der Waals surface area contributed by atoms with Gasteiger partial charge in [0.2, 0.25) is 0 Å². The first kappa shape index (κ1) is 9.74. The van der Waals surface area contributed by atoms with Crippen molar-refractivity contribution in [3.8, 4) is 5.75 Å². The second kappa shape index (κ2) is 3.75. The van der Waals surface area contributed by atoms with Gasteiger partial charge in [-0.1, -0.05) is 17.7 Å². The van der Waals surface area contributed by atoms with E-state index >= 15 is 0 Å². The van der Waals surface area contributed by atoms with Gasteiger partial charge in [0.25, 0.3) is 0 Å². The van der Waals surface area contributed by atoms with E-state index in [1.807, 2.05) is 0 Å². The third-order valence-corrected chi connectivity index (χ3v) is 2.28. The average molecular weight is 216 g/mol. The maximum absolute atomic E-state index is 13.4. The molecule has 1 fully saturated rings. The van der Waals surface area contributed by atoms with Crippen molar-refractivity contribution in [3.05, 3.63) is 29.3 Å². The highest BCUT2D eigenvalue weighted by Gasteiger charge is 2.39. The van der Waals surface area contributed by atoms with Crippen LogP contribution in [0, 0.1) is 6.07 Å². The van der Waals surface area contributed by atoms with Crippen molar-refractivity contribution in [1.29, 1.82) is 0 Å². The second-order valence-corrected chi connectivity index (χ2v) is 3.70. The first-order valence-corrected chi connectivity index (χ1v) is 4.62. The molecule has 0 bridgehead atoms. The first-order valence-electron chi connectivity index (χ1n) is 4.25. The molecule has 75 valence electrons. The van der Waals surface area contributed by atoms with Crippen LogP contribution >= 0.6 is 11.6 Å².